The van der Waals surface area contributed by atoms with Gasteiger partial charge in [-0.15, -0.1) is 11.3 Å². The third-order valence-electron chi connectivity index (χ3n) is 2.42. The van der Waals surface area contributed by atoms with E-state index in [2.05, 4.69) is 16.1 Å². The third-order valence-corrected chi connectivity index (χ3v) is 3.96. The maximum absolute atomic E-state index is 11.2. The van der Waals surface area contributed by atoms with Gasteiger partial charge in [-0.25, -0.2) is 8.42 Å². The lowest BCUT2D eigenvalue weighted by molar-refractivity contribution is 0.607. The maximum atomic E-state index is 11.2. The summed E-state index contributed by atoms with van der Waals surface area (Å²) in [6, 6.07) is 10.9. The van der Waals surface area contributed by atoms with Gasteiger partial charge in [-0.1, -0.05) is 6.07 Å². The molecular formula is C13H13N3O2S2. The predicted octanol–water partition coefficient (Wildman–Crippen LogP) is 2.60. The molecule has 1 aromatic carbocycles. The molecule has 104 valence electrons. The smallest absolute Gasteiger partial charge is 0.229 e. The minimum Gasteiger partial charge on any atom is -0.380 e. The van der Waals surface area contributed by atoms with E-state index >= 15 is 0 Å². The van der Waals surface area contributed by atoms with Crippen molar-refractivity contribution in [2.75, 3.05) is 16.3 Å². The monoisotopic (exact) mass is 307 g/mol. The first-order chi connectivity index (χ1) is 9.46. The summed E-state index contributed by atoms with van der Waals surface area (Å²) < 4.78 is 24.8. The maximum Gasteiger partial charge on any atom is 0.229 e. The van der Waals surface area contributed by atoms with E-state index in [1.165, 1.54) is 11.3 Å². The largest absolute Gasteiger partial charge is 0.380 e. The Hall–Kier alpha value is -2.04. The van der Waals surface area contributed by atoms with Crippen LogP contribution in [0.1, 0.15) is 10.4 Å². The van der Waals surface area contributed by atoms with E-state index in [1.54, 1.807) is 23.6 Å². The predicted molar refractivity (Wildman–Crippen MR) is 81.3 cm³/mol. The van der Waals surface area contributed by atoms with Crippen molar-refractivity contribution in [2.24, 2.45) is 0 Å². The summed E-state index contributed by atoms with van der Waals surface area (Å²) in [6.07, 6.45) is 1.11. The summed E-state index contributed by atoms with van der Waals surface area (Å²) in [4.78, 5) is 1.04. The van der Waals surface area contributed by atoms with Crippen molar-refractivity contribution >= 4 is 32.7 Å². The minimum absolute atomic E-state index is 0.515. The lowest BCUT2D eigenvalue weighted by Crippen LogP contribution is -2.09. The van der Waals surface area contributed by atoms with Gasteiger partial charge in [-0.3, -0.25) is 4.72 Å². The standard InChI is InChI=1S/C13H13N3O2S2/c1-20(17,18)16-12-4-2-3-11(6-12)15-8-13-5-10(7-14)9-19-13/h2-6,9,15-16H,8H2,1H3. The Labute approximate surface area is 121 Å². The van der Waals surface area contributed by atoms with Crippen molar-refractivity contribution < 1.29 is 8.42 Å². The highest BCUT2D eigenvalue weighted by Crippen LogP contribution is 2.19. The van der Waals surface area contributed by atoms with Crippen LogP contribution in [0.25, 0.3) is 0 Å². The van der Waals surface area contributed by atoms with Crippen LogP contribution in [-0.4, -0.2) is 14.7 Å². The molecule has 0 aliphatic rings. The third kappa shape index (κ3) is 4.26. The van der Waals surface area contributed by atoms with Gasteiger partial charge in [0, 0.05) is 22.5 Å². The van der Waals surface area contributed by atoms with Gasteiger partial charge in [0.05, 0.1) is 17.5 Å². The van der Waals surface area contributed by atoms with Gasteiger partial charge in [0.1, 0.15) is 6.07 Å². The molecule has 2 aromatic rings. The lowest BCUT2D eigenvalue weighted by Gasteiger charge is -2.08. The van der Waals surface area contributed by atoms with E-state index < -0.39 is 10.0 Å². The normalized spacial score (nSPS) is 10.8. The van der Waals surface area contributed by atoms with Crippen molar-refractivity contribution in [3.8, 4) is 6.07 Å². The second kappa shape index (κ2) is 5.94. The number of rotatable bonds is 5. The van der Waals surface area contributed by atoms with Gasteiger partial charge in [0.2, 0.25) is 10.0 Å². The Kier molecular flexibility index (Phi) is 4.27. The summed E-state index contributed by atoms with van der Waals surface area (Å²) in [6.45, 7) is 0.592. The van der Waals surface area contributed by atoms with Crippen molar-refractivity contribution in [1.82, 2.24) is 0 Å². The fraction of sp³-hybridized carbons (Fsp3) is 0.154. The number of thiophene rings is 1. The molecular weight excluding hydrogens is 294 g/mol. The topological polar surface area (TPSA) is 82.0 Å². The number of benzene rings is 1. The molecule has 0 saturated carbocycles. The summed E-state index contributed by atoms with van der Waals surface area (Å²) in [5, 5.41) is 13.7. The summed E-state index contributed by atoms with van der Waals surface area (Å²) in [7, 11) is -3.27. The number of nitriles is 1. The Balaban J connectivity index is 2.03. The first-order valence-electron chi connectivity index (χ1n) is 5.75. The number of anilines is 2. The highest BCUT2D eigenvalue weighted by atomic mass is 32.2. The average Bonchev–Trinajstić information content (AvgIpc) is 2.83. The molecule has 0 saturated heterocycles. The SMILES string of the molecule is CS(=O)(=O)Nc1cccc(NCc2cc(C#N)cs2)c1. The highest BCUT2D eigenvalue weighted by Gasteiger charge is 2.03. The fourth-order valence-corrected chi connectivity index (χ4v) is 2.93. The zero-order valence-corrected chi connectivity index (χ0v) is 12.4. The summed E-state index contributed by atoms with van der Waals surface area (Å²) in [5.74, 6) is 0. The van der Waals surface area contributed by atoms with Crippen LogP contribution in [0, 0.1) is 11.3 Å². The molecule has 0 spiro atoms. The number of sulfonamides is 1. The first kappa shape index (κ1) is 14.4. The van der Waals surface area contributed by atoms with Crippen LogP contribution in [0.15, 0.2) is 35.7 Å². The second-order valence-corrected chi connectivity index (χ2v) is 6.97. The average molecular weight is 307 g/mol. The van der Waals surface area contributed by atoms with Crippen LogP contribution >= 0.6 is 11.3 Å². The zero-order valence-electron chi connectivity index (χ0n) is 10.8. The number of nitrogens with one attached hydrogen (secondary N) is 2. The first-order valence-corrected chi connectivity index (χ1v) is 8.52. The van der Waals surface area contributed by atoms with E-state index in [1.807, 2.05) is 12.1 Å². The van der Waals surface area contributed by atoms with Gasteiger partial charge in [0.15, 0.2) is 0 Å². The van der Waals surface area contributed by atoms with Crippen LogP contribution in [0.3, 0.4) is 0 Å². The molecule has 2 rings (SSSR count). The lowest BCUT2D eigenvalue weighted by atomic mass is 10.3. The van der Waals surface area contributed by atoms with Crippen molar-refractivity contribution in [3.63, 3.8) is 0 Å². The zero-order chi connectivity index (χ0) is 14.6. The molecule has 2 N–H and O–H groups in total. The number of hydrogen-bond donors (Lipinski definition) is 2. The fourth-order valence-electron chi connectivity index (χ4n) is 1.63. The van der Waals surface area contributed by atoms with E-state index in [4.69, 9.17) is 5.26 Å². The van der Waals surface area contributed by atoms with Gasteiger partial charge in [-0.2, -0.15) is 5.26 Å². The van der Waals surface area contributed by atoms with Crippen molar-refractivity contribution in [2.45, 2.75) is 6.54 Å². The molecule has 0 aliphatic carbocycles. The van der Waals surface area contributed by atoms with E-state index in [0.29, 0.717) is 17.8 Å². The molecule has 0 unspecified atom stereocenters. The van der Waals surface area contributed by atoms with Crippen molar-refractivity contribution in [1.29, 1.82) is 5.26 Å². The summed E-state index contributed by atoms with van der Waals surface area (Å²) >= 11 is 1.51. The quantitative estimate of drug-likeness (QED) is 0.889. The molecule has 1 aromatic heterocycles. The van der Waals surface area contributed by atoms with E-state index in [-0.39, 0.29) is 0 Å². The van der Waals surface area contributed by atoms with Gasteiger partial charge in [-0.05, 0) is 24.3 Å². The van der Waals surface area contributed by atoms with E-state index in [9.17, 15) is 8.42 Å². The second-order valence-electron chi connectivity index (χ2n) is 4.22. The van der Waals surface area contributed by atoms with Crippen LogP contribution in [-0.2, 0) is 16.6 Å². The molecule has 5 nitrogen and oxygen atoms in total. The van der Waals surface area contributed by atoms with Crippen molar-refractivity contribution in [3.05, 3.63) is 46.2 Å². The van der Waals surface area contributed by atoms with Gasteiger partial charge < -0.3 is 5.32 Å². The molecule has 0 aliphatic heterocycles. The van der Waals surface area contributed by atoms with Gasteiger partial charge >= 0.3 is 0 Å². The summed E-state index contributed by atoms with van der Waals surface area (Å²) in [5.41, 5.74) is 1.98. The molecule has 1 heterocycles. The molecule has 0 atom stereocenters. The Morgan fingerprint density at radius 2 is 2.05 bits per heavy atom. The Morgan fingerprint density at radius 3 is 2.70 bits per heavy atom. The highest BCUT2D eigenvalue weighted by molar-refractivity contribution is 7.92. The Morgan fingerprint density at radius 1 is 1.30 bits per heavy atom. The van der Waals surface area contributed by atoms with Crippen LogP contribution in [0.5, 0.6) is 0 Å². The molecule has 0 fully saturated rings. The van der Waals surface area contributed by atoms with Crippen LogP contribution in [0.2, 0.25) is 0 Å². The number of hydrogen-bond acceptors (Lipinski definition) is 5. The van der Waals surface area contributed by atoms with Gasteiger partial charge in [0.25, 0.3) is 0 Å². The Bertz CT molecular complexity index is 745. The van der Waals surface area contributed by atoms with E-state index in [0.717, 1.165) is 16.8 Å². The molecule has 0 bridgehead atoms. The molecule has 7 heteroatoms. The van der Waals surface area contributed by atoms with Crippen LogP contribution < -0.4 is 10.0 Å². The minimum atomic E-state index is -3.27. The molecule has 0 radical (unpaired) electrons. The molecule has 20 heavy (non-hydrogen) atoms. The molecule has 0 amide bonds. The number of nitrogens with zero attached hydrogens (tertiary/aromatic N) is 1. The van der Waals surface area contributed by atoms with Crippen LogP contribution in [0.4, 0.5) is 11.4 Å².